The van der Waals surface area contributed by atoms with Crippen LogP contribution in [0.15, 0.2) is 42.6 Å². The van der Waals surface area contributed by atoms with Gasteiger partial charge in [-0.05, 0) is 35.6 Å². The Balaban J connectivity index is 1.69. The molecule has 1 aromatic heterocycles. The molecule has 1 amide bonds. The lowest BCUT2D eigenvalue weighted by Crippen LogP contribution is -2.47. The zero-order chi connectivity index (χ0) is 21.9. The SMILES string of the molecule is COC1CC(C(=O)Nc2ccc(C(C)(C)C)cc2)CCN1c1ncccc1[N+](=O)[O-]. The summed E-state index contributed by atoms with van der Waals surface area (Å²) in [6.45, 7) is 6.87. The number of nitro groups is 1. The third-order valence-corrected chi connectivity index (χ3v) is 5.45. The number of anilines is 2. The van der Waals surface area contributed by atoms with Crippen molar-refractivity contribution in [3.63, 3.8) is 0 Å². The molecule has 8 nitrogen and oxygen atoms in total. The van der Waals surface area contributed by atoms with Gasteiger partial charge in [-0.25, -0.2) is 4.98 Å². The van der Waals surface area contributed by atoms with Crippen LogP contribution in [-0.4, -0.2) is 35.7 Å². The minimum atomic E-state index is -0.466. The Morgan fingerprint density at radius 3 is 2.57 bits per heavy atom. The van der Waals surface area contributed by atoms with Gasteiger partial charge in [0.25, 0.3) is 0 Å². The number of rotatable bonds is 5. The monoisotopic (exact) mass is 412 g/mol. The summed E-state index contributed by atoms with van der Waals surface area (Å²) >= 11 is 0. The third-order valence-electron chi connectivity index (χ3n) is 5.45. The van der Waals surface area contributed by atoms with E-state index >= 15 is 0 Å². The molecule has 160 valence electrons. The average molecular weight is 412 g/mol. The molecule has 8 heteroatoms. The molecular formula is C22H28N4O4. The number of carbonyl (C=O) groups excluding carboxylic acids is 1. The lowest BCUT2D eigenvalue weighted by Gasteiger charge is -2.38. The van der Waals surface area contributed by atoms with E-state index in [9.17, 15) is 14.9 Å². The minimum absolute atomic E-state index is 0.0507. The quantitative estimate of drug-likeness (QED) is 0.586. The topological polar surface area (TPSA) is 97.6 Å². The first-order valence-electron chi connectivity index (χ1n) is 10.0. The van der Waals surface area contributed by atoms with Gasteiger partial charge in [0.2, 0.25) is 11.7 Å². The zero-order valence-electron chi connectivity index (χ0n) is 17.8. The Morgan fingerprint density at radius 1 is 1.27 bits per heavy atom. The summed E-state index contributed by atoms with van der Waals surface area (Å²) in [4.78, 5) is 29.7. The fourth-order valence-corrected chi connectivity index (χ4v) is 3.68. The largest absolute Gasteiger partial charge is 0.362 e. The van der Waals surface area contributed by atoms with Crippen molar-refractivity contribution in [2.24, 2.45) is 5.92 Å². The van der Waals surface area contributed by atoms with Crippen molar-refractivity contribution in [2.45, 2.75) is 45.3 Å². The molecule has 2 unspecified atom stereocenters. The number of hydrogen-bond donors (Lipinski definition) is 1. The highest BCUT2D eigenvalue weighted by Gasteiger charge is 2.35. The van der Waals surface area contributed by atoms with E-state index < -0.39 is 11.2 Å². The summed E-state index contributed by atoms with van der Waals surface area (Å²) in [7, 11) is 1.54. The van der Waals surface area contributed by atoms with E-state index in [0.29, 0.717) is 19.4 Å². The van der Waals surface area contributed by atoms with Crippen LogP contribution < -0.4 is 10.2 Å². The molecule has 1 aliphatic rings. The molecule has 1 fully saturated rings. The van der Waals surface area contributed by atoms with Crippen LogP contribution in [0.5, 0.6) is 0 Å². The number of methoxy groups -OCH3 is 1. The van der Waals surface area contributed by atoms with Crippen LogP contribution in [0, 0.1) is 16.0 Å². The van der Waals surface area contributed by atoms with Gasteiger partial charge in [-0.2, -0.15) is 0 Å². The summed E-state index contributed by atoms with van der Waals surface area (Å²) in [5.74, 6) is -0.0574. The molecule has 0 spiro atoms. The fraction of sp³-hybridized carbons (Fsp3) is 0.455. The molecule has 0 aliphatic carbocycles. The van der Waals surface area contributed by atoms with Crippen molar-refractivity contribution in [3.8, 4) is 0 Å². The van der Waals surface area contributed by atoms with Gasteiger partial charge in [-0.1, -0.05) is 32.9 Å². The van der Waals surface area contributed by atoms with Crippen LogP contribution >= 0.6 is 0 Å². The van der Waals surface area contributed by atoms with Crippen molar-refractivity contribution < 1.29 is 14.5 Å². The molecule has 2 heterocycles. The highest BCUT2D eigenvalue weighted by Crippen LogP contribution is 2.33. The van der Waals surface area contributed by atoms with Crippen LogP contribution in [0.2, 0.25) is 0 Å². The van der Waals surface area contributed by atoms with E-state index in [2.05, 4.69) is 31.1 Å². The Morgan fingerprint density at radius 2 is 1.97 bits per heavy atom. The number of benzene rings is 1. The average Bonchev–Trinajstić information content (AvgIpc) is 2.73. The summed E-state index contributed by atoms with van der Waals surface area (Å²) in [5, 5.41) is 14.3. The van der Waals surface area contributed by atoms with Gasteiger partial charge in [-0.3, -0.25) is 14.9 Å². The molecule has 30 heavy (non-hydrogen) atoms. The first kappa shape index (κ1) is 21.7. The number of nitrogens with one attached hydrogen (secondary N) is 1. The molecule has 0 saturated carbocycles. The van der Waals surface area contributed by atoms with E-state index in [4.69, 9.17) is 4.74 Å². The zero-order valence-corrected chi connectivity index (χ0v) is 17.8. The van der Waals surface area contributed by atoms with Crippen LogP contribution in [-0.2, 0) is 14.9 Å². The van der Waals surface area contributed by atoms with Gasteiger partial charge in [0, 0.05) is 43.9 Å². The maximum Gasteiger partial charge on any atom is 0.311 e. The molecule has 0 bridgehead atoms. The second-order valence-corrected chi connectivity index (χ2v) is 8.52. The Kier molecular flexibility index (Phi) is 6.36. The van der Waals surface area contributed by atoms with E-state index in [1.807, 2.05) is 24.3 Å². The molecule has 1 N–H and O–H groups in total. The minimum Gasteiger partial charge on any atom is -0.362 e. The lowest BCUT2D eigenvalue weighted by atomic mass is 9.87. The second-order valence-electron chi connectivity index (χ2n) is 8.52. The number of hydrogen-bond acceptors (Lipinski definition) is 6. The molecule has 2 atom stereocenters. The van der Waals surface area contributed by atoms with Crippen LogP contribution in [0.25, 0.3) is 0 Å². The van der Waals surface area contributed by atoms with Gasteiger partial charge in [-0.15, -0.1) is 0 Å². The molecule has 0 radical (unpaired) electrons. The van der Waals surface area contributed by atoms with Crippen LogP contribution in [0.3, 0.4) is 0 Å². The maximum atomic E-state index is 12.8. The Bertz CT molecular complexity index is 908. The number of nitrogens with zero attached hydrogens (tertiary/aromatic N) is 3. The molecule has 1 aromatic carbocycles. The van der Waals surface area contributed by atoms with E-state index in [1.165, 1.54) is 31.0 Å². The molecule has 1 aliphatic heterocycles. The normalized spacial score (nSPS) is 19.4. The number of amides is 1. The summed E-state index contributed by atoms with van der Waals surface area (Å²) in [6.07, 6.45) is 2.04. The van der Waals surface area contributed by atoms with E-state index in [0.717, 1.165) is 5.69 Å². The van der Waals surface area contributed by atoms with Gasteiger partial charge in [0.05, 0.1) is 4.92 Å². The van der Waals surface area contributed by atoms with Crippen molar-refractivity contribution in [3.05, 3.63) is 58.3 Å². The van der Waals surface area contributed by atoms with Crippen molar-refractivity contribution in [2.75, 3.05) is 23.9 Å². The summed E-state index contributed by atoms with van der Waals surface area (Å²) in [6, 6.07) is 10.8. The predicted octanol–water partition coefficient (Wildman–Crippen LogP) is 4.11. The summed E-state index contributed by atoms with van der Waals surface area (Å²) in [5.41, 5.74) is 1.94. The Labute approximate surface area is 176 Å². The second kappa shape index (κ2) is 8.79. The smallest absolute Gasteiger partial charge is 0.311 e. The highest BCUT2D eigenvalue weighted by atomic mass is 16.6. The van der Waals surface area contributed by atoms with E-state index in [-0.39, 0.29) is 28.7 Å². The Hall–Kier alpha value is -3.00. The van der Waals surface area contributed by atoms with Gasteiger partial charge in [0.15, 0.2) is 0 Å². The fourth-order valence-electron chi connectivity index (χ4n) is 3.68. The lowest BCUT2D eigenvalue weighted by molar-refractivity contribution is -0.384. The van der Waals surface area contributed by atoms with Gasteiger partial charge < -0.3 is 15.0 Å². The predicted molar refractivity (Wildman–Crippen MR) is 116 cm³/mol. The maximum absolute atomic E-state index is 12.8. The van der Waals surface area contributed by atoms with Crippen molar-refractivity contribution in [1.29, 1.82) is 0 Å². The first-order chi connectivity index (χ1) is 14.2. The summed E-state index contributed by atoms with van der Waals surface area (Å²) < 4.78 is 5.56. The molecular weight excluding hydrogens is 384 g/mol. The first-order valence-corrected chi connectivity index (χ1v) is 10.0. The number of piperidine rings is 1. The number of ether oxygens (including phenoxy) is 1. The van der Waals surface area contributed by atoms with Crippen molar-refractivity contribution >= 4 is 23.1 Å². The van der Waals surface area contributed by atoms with Crippen LogP contribution in [0.4, 0.5) is 17.2 Å². The van der Waals surface area contributed by atoms with E-state index in [1.54, 1.807) is 4.90 Å². The van der Waals surface area contributed by atoms with Crippen LogP contribution in [0.1, 0.15) is 39.2 Å². The molecule has 2 aromatic rings. The number of carbonyl (C=O) groups is 1. The van der Waals surface area contributed by atoms with Gasteiger partial charge in [0.1, 0.15) is 6.23 Å². The third kappa shape index (κ3) is 4.76. The van der Waals surface area contributed by atoms with Crippen molar-refractivity contribution in [1.82, 2.24) is 4.98 Å². The highest BCUT2D eigenvalue weighted by molar-refractivity contribution is 5.92. The standard InChI is InChI=1S/C22H28N4O4/c1-22(2,3)16-7-9-17(10-8-16)24-21(27)15-11-13-25(19(14-15)30-4)20-18(26(28)29)6-5-12-23-20/h5-10,12,15,19H,11,13-14H2,1-4H3,(H,24,27). The number of aromatic nitrogens is 1. The molecule has 3 rings (SSSR count). The number of pyridine rings is 1. The molecule has 1 saturated heterocycles. The van der Waals surface area contributed by atoms with Gasteiger partial charge >= 0.3 is 5.69 Å².